The third kappa shape index (κ3) is 5.96. The van der Waals surface area contributed by atoms with Crippen molar-refractivity contribution in [2.75, 3.05) is 6.26 Å². The summed E-state index contributed by atoms with van der Waals surface area (Å²) in [6, 6.07) is 12.2. The predicted molar refractivity (Wildman–Crippen MR) is 141 cm³/mol. The molecule has 1 saturated carbocycles. The number of halogens is 1. The van der Waals surface area contributed by atoms with Crippen LogP contribution in [0.2, 0.25) is 5.02 Å². The molecule has 14 heteroatoms. The minimum absolute atomic E-state index is 0.117. The van der Waals surface area contributed by atoms with Gasteiger partial charge in [0.15, 0.2) is 0 Å². The number of hydrogen-bond donors (Lipinski definition) is 3. The maximum Gasteiger partial charge on any atom is 0.255 e. The Labute approximate surface area is 230 Å². The van der Waals surface area contributed by atoms with E-state index in [0.717, 1.165) is 19.1 Å². The van der Waals surface area contributed by atoms with Crippen LogP contribution in [0.4, 0.5) is 0 Å². The number of nitrogens with zero attached hydrogens (tertiary/aromatic N) is 4. The van der Waals surface area contributed by atoms with E-state index in [1.54, 1.807) is 53.4 Å². The fraction of sp³-hybridized carbons (Fsp3) is 0.400. The summed E-state index contributed by atoms with van der Waals surface area (Å²) in [5, 5.41) is 13.9. The van der Waals surface area contributed by atoms with Crippen LogP contribution in [0.15, 0.2) is 48.5 Å². The van der Waals surface area contributed by atoms with Crippen molar-refractivity contribution in [3.05, 3.63) is 76.1 Å². The van der Waals surface area contributed by atoms with Gasteiger partial charge in [0.25, 0.3) is 11.8 Å². The second kappa shape index (κ2) is 11.4. The van der Waals surface area contributed by atoms with Crippen molar-refractivity contribution in [1.82, 2.24) is 35.7 Å². The molecule has 0 saturated heterocycles. The maximum atomic E-state index is 14.1. The summed E-state index contributed by atoms with van der Waals surface area (Å²) in [5.74, 6) is -1.37. The van der Waals surface area contributed by atoms with E-state index in [-0.39, 0.29) is 18.3 Å². The van der Waals surface area contributed by atoms with Gasteiger partial charge in [-0.2, -0.15) is 5.21 Å². The SMILES string of the molecule is CS(=O)(=O)N[C@H]1CCCCC1N1C(=O)c2ccccc2[C@@H](C(=O)NOCc2nn[nH]n2)[C@@H]1c1ccc(Cl)cc1. The highest BCUT2D eigenvalue weighted by molar-refractivity contribution is 7.88. The van der Waals surface area contributed by atoms with Crippen molar-refractivity contribution >= 4 is 33.4 Å². The number of carbonyl (C=O) groups excluding carboxylic acids is 2. The Morgan fingerprint density at radius 2 is 1.90 bits per heavy atom. The molecule has 3 N–H and O–H groups in total. The third-order valence-corrected chi connectivity index (χ3v) is 8.07. The number of hydrogen-bond acceptors (Lipinski definition) is 8. The second-order valence-corrected chi connectivity index (χ2v) is 11.9. The molecule has 3 aromatic rings. The number of tetrazole rings is 1. The van der Waals surface area contributed by atoms with Crippen LogP contribution >= 0.6 is 11.6 Å². The highest BCUT2D eigenvalue weighted by atomic mass is 35.5. The normalized spacial score (nSPS) is 23.3. The first-order valence-electron chi connectivity index (χ1n) is 12.5. The fourth-order valence-corrected chi connectivity index (χ4v) is 6.50. The van der Waals surface area contributed by atoms with E-state index in [9.17, 15) is 18.0 Å². The zero-order valence-corrected chi connectivity index (χ0v) is 22.7. The molecule has 12 nitrogen and oxygen atoms in total. The van der Waals surface area contributed by atoms with Crippen LogP contribution in [-0.2, 0) is 26.3 Å². The second-order valence-electron chi connectivity index (χ2n) is 9.71. The van der Waals surface area contributed by atoms with E-state index in [0.29, 0.717) is 34.6 Å². The molecule has 2 amide bonds. The number of aromatic amines is 1. The first kappa shape index (κ1) is 27.2. The Kier molecular flexibility index (Phi) is 7.93. The number of aromatic nitrogens is 4. The number of amides is 2. The van der Waals surface area contributed by atoms with Gasteiger partial charge in [0, 0.05) is 22.7 Å². The highest BCUT2D eigenvalue weighted by Gasteiger charge is 2.49. The zero-order chi connectivity index (χ0) is 27.6. The van der Waals surface area contributed by atoms with Crippen molar-refractivity contribution in [3.8, 4) is 0 Å². The molecule has 2 aliphatic rings. The molecule has 1 aliphatic heterocycles. The number of fused-ring (bicyclic) bond motifs is 1. The molecule has 0 bridgehead atoms. The number of H-pyrrole nitrogens is 1. The Hall–Kier alpha value is -3.39. The molecule has 1 aliphatic carbocycles. The summed E-state index contributed by atoms with van der Waals surface area (Å²) in [4.78, 5) is 35.0. The van der Waals surface area contributed by atoms with Gasteiger partial charge in [-0.05, 0) is 42.2 Å². The molecular formula is C25H28ClN7O5S. The molecular weight excluding hydrogens is 546 g/mol. The average molecular weight is 574 g/mol. The van der Waals surface area contributed by atoms with Gasteiger partial charge in [-0.15, -0.1) is 10.2 Å². The first-order valence-corrected chi connectivity index (χ1v) is 14.8. The third-order valence-electron chi connectivity index (χ3n) is 7.09. The first-order chi connectivity index (χ1) is 18.7. The minimum Gasteiger partial charge on any atom is -0.326 e. The molecule has 1 fully saturated rings. The molecule has 1 unspecified atom stereocenters. The van der Waals surface area contributed by atoms with Gasteiger partial charge in [0.1, 0.15) is 6.61 Å². The number of rotatable bonds is 8. The molecule has 206 valence electrons. The molecule has 0 radical (unpaired) electrons. The Bertz CT molecular complexity index is 1440. The van der Waals surface area contributed by atoms with Gasteiger partial charge in [-0.1, -0.05) is 60.0 Å². The van der Waals surface area contributed by atoms with Gasteiger partial charge >= 0.3 is 0 Å². The molecule has 0 spiro atoms. The van der Waals surface area contributed by atoms with E-state index in [4.69, 9.17) is 16.4 Å². The van der Waals surface area contributed by atoms with Crippen molar-refractivity contribution < 1.29 is 22.8 Å². The van der Waals surface area contributed by atoms with Gasteiger partial charge in [0.05, 0.1) is 18.2 Å². The lowest BCUT2D eigenvalue weighted by atomic mass is 9.76. The van der Waals surface area contributed by atoms with Crippen LogP contribution in [0.3, 0.4) is 0 Å². The van der Waals surface area contributed by atoms with Crippen LogP contribution in [0.25, 0.3) is 0 Å². The van der Waals surface area contributed by atoms with Crippen molar-refractivity contribution in [3.63, 3.8) is 0 Å². The minimum atomic E-state index is -3.55. The number of sulfonamides is 1. The van der Waals surface area contributed by atoms with Crippen LogP contribution in [0.1, 0.15) is 65.0 Å². The standard InChI is InChI=1S/C25H28ClN7O5S/c1-39(36,37)30-19-8-4-5-9-20(19)33-23(15-10-12-16(26)13-11-15)22(17-6-2-3-7-18(17)25(33)35)24(34)29-38-14-21-27-31-32-28-21/h2-3,6-7,10-13,19-20,22-23,30H,4-5,8-9,14H2,1H3,(H,29,34)(H,27,28,31,32)/t19-,20?,22+,23-/m0/s1. The number of benzene rings is 2. The maximum absolute atomic E-state index is 14.1. The number of hydroxylamine groups is 1. The quantitative estimate of drug-likeness (QED) is 0.346. The van der Waals surface area contributed by atoms with Crippen molar-refractivity contribution in [2.24, 2.45) is 0 Å². The van der Waals surface area contributed by atoms with Gasteiger partial charge < -0.3 is 4.90 Å². The van der Waals surface area contributed by atoms with Crippen LogP contribution in [-0.4, -0.2) is 64.1 Å². The van der Waals surface area contributed by atoms with Gasteiger partial charge in [-0.25, -0.2) is 18.6 Å². The highest BCUT2D eigenvalue weighted by Crippen LogP contribution is 2.46. The predicted octanol–water partition coefficient (Wildman–Crippen LogP) is 2.24. The molecule has 5 rings (SSSR count). The van der Waals surface area contributed by atoms with Gasteiger partial charge in [0.2, 0.25) is 15.8 Å². The summed E-state index contributed by atoms with van der Waals surface area (Å²) >= 11 is 6.18. The average Bonchev–Trinajstić information content (AvgIpc) is 3.42. The number of nitrogens with one attached hydrogen (secondary N) is 3. The van der Waals surface area contributed by atoms with Gasteiger partial charge in [-0.3, -0.25) is 14.4 Å². The van der Waals surface area contributed by atoms with E-state index in [1.165, 1.54) is 0 Å². The van der Waals surface area contributed by atoms with Crippen LogP contribution < -0.4 is 10.2 Å². The number of carbonyl (C=O) groups is 2. The Morgan fingerprint density at radius 1 is 1.15 bits per heavy atom. The summed E-state index contributed by atoms with van der Waals surface area (Å²) in [7, 11) is -3.55. The van der Waals surface area contributed by atoms with E-state index in [2.05, 4.69) is 30.8 Å². The van der Waals surface area contributed by atoms with E-state index < -0.39 is 40.0 Å². The fourth-order valence-electron chi connectivity index (χ4n) is 5.55. The van der Waals surface area contributed by atoms with Crippen LogP contribution in [0.5, 0.6) is 0 Å². The summed E-state index contributed by atoms with van der Waals surface area (Å²) in [6.45, 7) is -0.117. The van der Waals surface area contributed by atoms with E-state index >= 15 is 0 Å². The smallest absolute Gasteiger partial charge is 0.255 e. The molecule has 39 heavy (non-hydrogen) atoms. The summed E-state index contributed by atoms with van der Waals surface area (Å²) in [5.41, 5.74) is 4.10. The lowest BCUT2D eigenvalue weighted by Crippen LogP contribution is -2.59. The Balaban J connectivity index is 1.58. The zero-order valence-electron chi connectivity index (χ0n) is 21.1. The molecule has 1 aromatic heterocycles. The lowest BCUT2D eigenvalue weighted by molar-refractivity contribution is -0.138. The Morgan fingerprint density at radius 3 is 2.62 bits per heavy atom. The summed E-state index contributed by atoms with van der Waals surface area (Å²) < 4.78 is 27.3. The molecule has 2 aromatic carbocycles. The topological polar surface area (TPSA) is 159 Å². The molecule has 4 atom stereocenters. The van der Waals surface area contributed by atoms with Crippen molar-refractivity contribution in [1.29, 1.82) is 0 Å². The summed E-state index contributed by atoms with van der Waals surface area (Å²) in [6.07, 6.45) is 3.90. The van der Waals surface area contributed by atoms with Crippen LogP contribution in [0, 0.1) is 0 Å². The van der Waals surface area contributed by atoms with Crippen molar-refractivity contribution in [2.45, 2.75) is 56.3 Å². The largest absolute Gasteiger partial charge is 0.326 e. The van der Waals surface area contributed by atoms with E-state index in [1.807, 2.05) is 0 Å². The molecule has 2 heterocycles. The monoisotopic (exact) mass is 573 g/mol. The lowest BCUT2D eigenvalue weighted by Gasteiger charge is -2.49.